The summed E-state index contributed by atoms with van der Waals surface area (Å²) in [7, 11) is 0. The van der Waals surface area contributed by atoms with Crippen LogP contribution in [-0.2, 0) is 4.79 Å². The minimum atomic E-state index is -1.23. The number of likely N-dealkylation sites (tertiary alicyclic amines) is 1. The molecule has 11 heteroatoms. The van der Waals surface area contributed by atoms with Crippen LogP contribution < -0.4 is 5.69 Å². The average Bonchev–Trinajstić information content (AvgIpc) is 3.31. The molecule has 0 radical (unpaired) electrons. The first-order chi connectivity index (χ1) is 16.0. The van der Waals surface area contributed by atoms with Gasteiger partial charge in [0.25, 0.3) is 5.91 Å². The SMILES string of the molecule is N#Cc1ccn2ncc(-c3ncc4[nH]c(=O)n(C5CCCN(C(=O)C6(O)CC6)C5)c4n3)c2c1. The number of nitrogens with zero attached hydrogens (tertiary/aromatic N) is 7. The largest absolute Gasteiger partial charge is 0.380 e. The van der Waals surface area contributed by atoms with E-state index in [-0.39, 0.29) is 17.6 Å². The number of fused-ring (bicyclic) bond motifs is 2. The molecule has 1 aliphatic heterocycles. The van der Waals surface area contributed by atoms with Gasteiger partial charge in [-0.2, -0.15) is 10.4 Å². The van der Waals surface area contributed by atoms with Crippen LogP contribution in [0.3, 0.4) is 0 Å². The highest BCUT2D eigenvalue weighted by Crippen LogP contribution is 2.38. The second kappa shape index (κ2) is 6.98. The van der Waals surface area contributed by atoms with Crippen molar-refractivity contribution in [1.82, 2.24) is 34.0 Å². The van der Waals surface area contributed by atoms with Crippen LogP contribution in [0.4, 0.5) is 0 Å². The van der Waals surface area contributed by atoms with Crippen molar-refractivity contribution in [2.45, 2.75) is 37.3 Å². The van der Waals surface area contributed by atoms with Gasteiger partial charge in [-0.1, -0.05) is 0 Å². The molecule has 4 aromatic heterocycles. The van der Waals surface area contributed by atoms with E-state index in [0.717, 1.165) is 12.8 Å². The Morgan fingerprint density at radius 1 is 1.33 bits per heavy atom. The highest BCUT2D eigenvalue weighted by atomic mass is 16.3. The molecule has 33 heavy (non-hydrogen) atoms. The van der Waals surface area contributed by atoms with Gasteiger partial charge in [0.1, 0.15) is 11.1 Å². The first-order valence-corrected chi connectivity index (χ1v) is 10.8. The lowest BCUT2D eigenvalue weighted by Gasteiger charge is -2.34. The van der Waals surface area contributed by atoms with Crippen LogP contribution in [0.2, 0.25) is 0 Å². The lowest BCUT2D eigenvalue weighted by atomic mass is 10.0. The summed E-state index contributed by atoms with van der Waals surface area (Å²) in [5, 5.41) is 23.8. The number of aromatic nitrogens is 6. The van der Waals surface area contributed by atoms with Crippen molar-refractivity contribution in [1.29, 1.82) is 5.26 Å². The van der Waals surface area contributed by atoms with E-state index in [1.165, 1.54) is 0 Å². The summed E-state index contributed by atoms with van der Waals surface area (Å²) in [6, 6.07) is 5.25. The molecule has 11 nitrogen and oxygen atoms in total. The number of carbonyl (C=O) groups excluding carboxylic acids is 1. The van der Waals surface area contributed by atoms with Crippen molar-refractivity contribution in [3.05, 3.63) is 46.8 Å². The number of imidazole rings is 1. The minimum absolute atomic E-state index is 0.255. The van der Waals surface area contributed by atoms with Crippen LogP contribution in [0.1, 0.15) is 37.3 Å². The normalized spacial score (nSPS) is 19.6. The smallest absolute Gasteiger partial charge is 0.328 e. The Balaban J connectivity index is 1.41. The second-order valence-electron chi connectivity index (χ2n) is 8.73. The number of carbonyl (C=O) groups is 1. The average molecular weight is 444 g/mol. The summed E-state index contributed by atoms with van der Waals surface area (Å²) in [4.78, 5) is 39.1. The second-order valence-corrected chi connectivity index (χ2v) is 8.73. The van der Waals surface area contributed by atoms with E-state index in [1.807, 2.05) is 0 Å². The quantitative estimate of drug-likeness (QED) is 0.479. The third-order valence-corrected chi connectivity index (χ3v) is 6.52. The lowest BCUT2D eigenvalue weighted by Crippen LogP contribution is -2.47. The monoisotopic (exact) mass is 444 g/mol. The topological polar surface area (TPSA) is 145 Å². The molecule has 0 bridgehead atoms. The molecular weight excluding hydrogens is 424 g/mol. The minimum Gasteiger partial charge on any atom is -0.380 e. The molecule has 6 rings (SSSR count). The van der Waals surface area contributed by atoms with E-state index in [9.17, 15) is 20.0 Å². The van der Waals surface area contributed by atoms with Crippen molar-refractivity contribution < 1.29 is 9.90 Å². The Bertz CT molecular complexity index is 1520. The standard InChI is InChI=1S/C22H20N8O3/c23-9-13-3-7-29-17(8-13)15(10-25-29)18-24-11-16-19(27-18)30(21(32)26-16)14-2-1-6-28(12-14)20(31)22(33)4-5-22/h3,7-8,10-11,14,33H,1-2,4-6,12H2,(H,26,32). The third-order valence-electron chi connectivity index (χ3n) is 6.52. The number of nitrogens with one attached hydrogen (secondary N) is 1. The number of aromatic amines is 1. The maximum Gasteiger partial charge on any atom is 0.328 e. The molecule has 1 atom stereocenters. The summed E-state index contributed by atoms with van der Waals surface area (Å²) in [5.74, 6) is 0.131. The molecule has 2 N–H and O–H groups in total. The van der Waals surface area contributed by atoms with E-state index < -0.39 is 5.60 Å². The highest BCUT2D eigenvalue weighted by Gasteiger charge is 2.50. The van der Waals surface area contributed by atoms with Crippen molar-refractivity contribution in [2.24, 2.45) is 0 Å². The first kappa shape index (κ1) is 19.6. The van der Waals surface area contributed by atoms with E-state index in [4.69, 9.17) is 0 Å². The summed E-state index contributed by atoms with van der Waals surface area (Å²) >= 11 is 0. The molecule has 2 fully saturated rings. The number of piperidine rings is 1. The van der Waals surface area contributed by atoms with Crippen LogP contribution in [0.5, 0.6) is 0 Å². The van der Waals surface area contributed by atoms with Gasteiger partial charge in [0.15, 0.2) is 11.5 Å². The van der Waals surface area contributed by atoms with Gasteiger partial charge < -0.3 is 15.0 Å². The zero-order valence-electron chi connectivity index (χ0n) is 17.6. The Kier molecular flexibility index (Phi) is 4.15. The molecule has 1 unspecified atom stereocenters. The van der Waals surface area contributed by atoms with Crippen LogP contribution in [0.15, 0.2) is 35.5 Å². The number of hydrogen-bond donors (Lipinski definition) is 2. The Morgan fingerprint density at radius 3 is 2.97 bits per heavy atom. The number of rotatable bonds is 3. The van der Waals surface area contributed by atoms with E-state index >= 15 is 0 Å². The molecule has 0 spiro atoms. The van der Waals surface area contributed by atoms with Crippen molar-refractivity contribution >= 4 is 22.6 Å². The van der Waals surface area contributed by atoms with Gasteiger partial charge in [-0.15, -0.1) is 0 Å². The molecule has 166 valence electrons. The van der Waals surface area contributed by atoms with Gasteiger partial charge in [-0.05, 0) is 37.8 Å². The molecule has 1 amide bonds. The van der Waals surface area contributed by atoms with E-state index in [1.54, 1.807) is 44.7 Å². The Morgan fingerprint density at radius 2 is 2.18 bits per heavy atom. The maximum absolute atomic E-state index is 12.9. The van der Waals surface area contributed by atoms with Gasteiger partial charge in [0.05, 0.1) is 41.1 Å². The molecule has 1 saturated carbocycles. The summed E-state index contributed by atoms with van der Waals surface area (Å²) in [6.07, 6.45) is 7.32. The number of pyridine rings is 1. The Labute approximate surface area is 186 Å². The number of hydrogen-bond acceptors (Lipinski definition) is 7. The molecule has 1 aliphatic carbocycles. The zero-order chi connectivity index (χ0) is 22.7. The van der Waals surface area contributed by atoms with Gasteiger partial charge in [-0.25, -0.2) is 19.3 Å². The van der Waals surface area contributed by atoms with Gasteiger partial charge >= 0.3 is 5.69 Å². The number of nitriles is 1. The molecule has 0 aromatic carbocycles. The fourth-order valence-electron chi connectivity index (χ4n) is 4.58. The predicted octanol–water partition coefficient (Wildman–Crippen LogP) is 0.994. The number of H-pyrrole nitrogens is 1. The van der Waals surface area contributed by atoms with Crippen LogP contribution >= 0.6 is 0 Å². The van der Waals surface area contributed by atoms with E-state index in [2.05, 4.69) is 26.1 Å². The van der Waals surface area contributed by atoms with E-state index in [0.29, 0.717) is 59.6 Å². The highest BCUT2D eigenvalue weighted by molar-refractivity contribution is 5.88. The molecular formula is C22H20N8O3. The van der Waals surface area contributed by atoms with Gasteiger partial charge in [0.2, 0.25) is 0 Å². The van der Waals surface area contributed by atoms with Crippen molar-refractivity contribution in [3.63, 3.8) is 0 Å². The Hall–Kier alpha value is -4.04. The summed E-state index contributed by atoms with van der Waals surface area (Å²) in [6.45, 7) is 0.911. The molecule has 1 saturated heterocycles. The number of amides is 1. The van der Waals surface area contributed by atoms with Crippen molar-refractivity contribution in [2.75, 3.05) is 13.1 Å². The van der Waals surface area contributed by atoms with Crippen LogP contribution in [-0.4, -0.2) is 63.7 Å². The fourth-order valence-corrected chi connectivity index (χ4v) is 4.58. The maximum atomic E-state index is 12.9. The summed E-state index contributed by atoms with van der Waals surface area (Å²) in [5.41, 5.74) is 1.23. The summed E-state index contributed by atoms with van der Waals surface area (Å²) < 4.78 is 3.23. The van der Waals surface area contributed by atoms with Gasteiger partial charge in [-0.3, -0.25) is 9.36 Å². The van der Waals surface area contributed by atoms with Gasteiger partial charge in [0, 0.05) is 19.3 Å². The lowest BCUT2D eigenvalue weighted by molar-refractivity contribution is -0.144. The predicted molar refractivity (Wildman–Crippen MR) is 116 cm³/mol. The molecule has 4 aromatic rings. The van der Waals surface area contributed by atoms with Crippen molar-refractivity contribution in [3.8, 4) is 17.5 Å². The molecule has 5 heterocycles. The first-order valence-electron chi connectivity index (χ1n) is 10.8. The van der Waals surface area contributed by atoms with Crippen LogP contribution in [0.25, 0.3) is 28.1 Å². The van der Waals surface area contributed by atoms with Crippen LogP contribution in [0, 0.1) is 11.3 Å². The number of aliphatic hydroxyl groups is 1. The zero-order valence-corrected chi connectivity index (χ0v) is 17.6. The third kappa shape index (κ3) is 3.10. The molecule has 2 aliphatic rings. The fraction of sp³-hybridized carbons (Fsp3) is 0.364.